The molecule has 0 aromatic rings. The van der Waals surface area contributed by atoms with Crippen LogP contribution in [0, 0.1) is 11.8 Å². The number of carbonyl (C=O) groups excluding carboxylic acids is 1. The zero-order valence-electron chi connectivity index (χ0n) is 9.42. The van der Waals surface area contributed by atoms with Crippen molar-refractivity contribution >= 4 is 17.5 Å². The second kappa shape index (κ2) is 6.49. The van der Waals surface area contributed by atoms with E-state index >= 15 is 0 Å². The monoisotopic (exact) mass is 214 g/mol. The van der Waals surface area contributed by atoms with Crippen LogP contribution in [0.2, 0.25) is 0 Å². The molecule has 0 N–H and O–H groups in total. The summed E-state index contributed by atoms with van der Waals surface area (Å²) < 4.78 is 0. The van der Waals surface area contributed by atoms with E-state index in [-0.39, 0.29) is 0 Å². The Balaban J connectivity index is 2.29. The van der Waals surface area contributed by atoms with Gasteiger partial charge in [0.2, 0.25) is 0 Å². The third kappa shape index (κ3) is 3.64. The Labute approximate surface area is 92.0 Å². The summed E-state index contributed by atoms with van der Waals surface area (Å²) in [4.78, 5) is 11.6. The first-order chi connectivity index (χ1) is 6.77. The maximum absolute atomic E-state index is 11.6. The number of Topliss-reactive ketones (excluding diaryl/α,β-unsaturated/α-hetero) is 1. The Bertz CT molecular complexity index is 179. The Hall–Kier alpha value is 0.0200. The van der Waals surface area contributed by atoms with E-state index in [4.69, 9.17) is 0 Å². The lowest BCUT2D eigenvalue weighted by Crippen LogP contribution is -2.25. The van der Waals surface area contributed by atoms with Crippen molar-refractivity contribution in [2.45, 2.75) is 46.0 Å². The first-order valence-corrected chi connectivity index (χ1v) is 7.03. The zero-order chi connectivity index (χ0) is 10.4. The lowest BCUT2D eigenvalue weighted by molar-refractivity contribution is -0.125. The van der Waals surface area contributed by atoms with Crippen molar-refractivity contribution in [1.29, 1.82) is 0 Å². The first-order valence-electron chi connectivity index (χ1n) is 5.88. The van der Waals surface area contributed by atoms with E-state index in [0.717, 1.165) is 25.2 Å². The summed E-state index contributed by atoms with van der Waals surface area (Å²) in [5, 5.41) is 0. The van der Waals surface area contributed by atoms with Crippen LogP contribution in [-0.4, -0.2) is 17.3 Å². The van der Waals surface area contributed by atoms with Crippen molar-refractivity contribution in [3.63, 3.8) is 0 Å². The van der Waals surface area contributed by atoms with Gasteiger partial charge in [0.25, 0.3) is 0 Å². The standard InChI is InChI=1S/C12H22OS/c1-3-10-5-6-12(13)11(9-10)7-8-14-4-2/h10-11H,3-9H2,1-2H3. The van der Waals surface area contributed by atoms with E-state index in [1.54, 1.807) is 0 Å². The number of rotatable bonds is 5. The van der Waals surface area contributed by atoms with E-state index in [0.29, 0.717) is 11.7 Å². The molecule has 1 fully saturated rings. The molecule has 2 heteroatoms. The average Bonchev–Trinajstić information content (AvgIpc) is 2.21. The highest BCUT2D eigenvalue weighted by atomic mass is 32.2. The zero-order valence-corrected chi connectivity index (χ0v) is 10.2. The topological polar surface area (TPSA) is 17.1 Å². The van der Waals surface area contributed by atoms with Gasteiger partial charge >= 0.3 is 0 Å². The fourth-order valence-corrected chi connectivity index (χ4v) is 2.96. The van der Waals surface area contributed by atoms with Crippen molar-refractivity contribution in [1.82, 2.24) is 0 Å². The van der Waals surface area contributed by atoms with E-state index in [1.165, 1.54) is 24.3 Å². The largest absolute Gasteiger partial charge is 0.299 e. The minimum atomic E-state index is 0.396. The molecule has 82 valence electrons. The second-order valence-corrected chi connectivity index (χ2v) is 5.59. The van der Waals surface area contributed by atoms with Crippen LogP contribution in [0.1, 0.15) is 46.0 Å². The highest BCUT2D eigenvalue weighted by Crippen LogP contribution is 2.31. The number of carbonyl (C=O) groups is 1. The minimum Gasteiger partial charge on any atom is -0.299 e. The summed E-state index contributed by atoms with van der Waals surface area (Å²) in [6.45, 7) is 4.43. The maximum Gasteiger partial charge on any atom is 0.136 e. The van der Waals surface area contributed by atoms with Crippen molar-refractivity contribution in [3.8, 4) is 0 Å². The first kappa shape index (κ1) is 12.1. The second-order valence-electron chi connectivity index (χ2n) is 4.20. The van der Waals surface area contributed by atoms with Crippen LogP contribution in [-0.2, 0) is 4.79 Å². The van der Waals surface area contributed by atoms with Crippen LogP contribution in [0.4, 0.5) is 0 Å². The summed E-state index contributed by atoms with van der Waals surface area (Å²) >= 11 is 1.96. The molecule has 0 aliphatic heterocycles. The lowest BCUT2D eigenvalue weighted by Gasteiger charge is -2.27. The molecular weight excluding hydrogens is 192 g/mol. The molecular formula is C12H22OS. The summed E-state index contributed by atoms with van der Waals surface area (Å²) in [6.07, 6.45) is 5.53. The van der Waals surface area contributed by atoms with Crippen LogP contribution < -0.4 is 0 Å². The summed E-state index contributed by atoms with van der Waals surface area (Å²) in [5.74, 6) is 4.10. The molecule has 0 heterocycles. The van der Waals surface area contributed by atoms with Crippen molar-refractivity contribution in [2.75, 3.05) is 11.5 Å². The van der Waals surface area contributed by atoms with Gasteiger partial charge in [-0.05, 0) is 36.7 Å². The van der Waals surface area contributed by atoms with Crippen LogP contribution in [0.5, 0.6) is 0 Å². The molecule has 0 aromatic heterocycles. The van der Waals surface area contributed by atoms with Gasteiger partial charge < -0.3 is 0 Å². The molecule has 0 bridgehead atoms. The molecule has 0 amide bonds. The van der Waals surface area contributed by atoms with Crippen LogP contribution in [0.3, 0.4) is 0 Å². The Kier molecular flexibility index (Phi) is 5.61. The molecule has 0 saturated heterocycles. The molecule has 0 spiro atoms. The predicted molar refractivity (Wildman–Crippen MR) is 63.7 cm³/mol. The minimum absolute atomic E-state index is 0.396. The summed E-state index contributed by atoms with van der Waals surface area (Å²) in [6, 6.07) is 0. The smallest absolute Gasteiger partial charge is 0.136 e. The third-order valence-corrected chi connectivity index (χ3v) is 4.20. The molecule has 2 unspecified atom stereocenters. The number of hydrogen-bond acceptors (Lipinski definition) is 2. The highest BCUT2D eigenvalue weighted by Gasteiger charge is 2.26. The molecule has 1 aliphatic carbocycles. The molecule has 0 radical (unpaired) electrons. The van der Waals surface area contributed by atoms with Crippen LogP contribution >= 0.6 is 11.8 Å². The third-order valence-electron chi connectivity index (χ3n) is 3.26. The van der Waals surface area contributed by atoms with Gasteiger partial charge in [0.15, 0.2) is 0 Å². The fraction of sp³-hybridized carbons (Fsp3) is 0.917. The van der Waals surface area contributed by atoms with Crippen LogP contribution in [0.15, 0.2) is 0 Å². The van der Waals surface area contributed by atoms with Crippen molar-refractivity contribution < 1.29 is 4.79 Å². The quantitative estimate of drug-likeness (QED) is 0.651. The highest BCUT2D eigenvalue weighted by molar-refractivity contribution is 7.99. The molecule has 1 saturated carbocycles. The van der Waals surface area contributed by atoms with E-state index in [9.17, 15) is 4.79 Å². The molecule has 1 rings (SSSR count). The summed E-state index contributed by atoms with van der Waals surface area (Å²) in [5.41, 5.74) is 0. The lowest BCUT2D eigenvalue weighted by atomic mass is 9.78. The molecule has 0 aromatic carbocycles. The summed E-state index contributed by atoms with van der Waals surface area (Å²) in [7, 11) is 0. The van der Waals surface area contributed by atoms with Gasteiger partial charge in [-0.25, -0.2) is 0 Å². The maximum atomic E-state index is 11.6. The molecule has 2 atom stereocenters. The van der Waals surface area contributed by atoms with Gasteiger partial charge in [-0.15, -0.1) is 0 Å². The van der Waals surface area contributed by atoms with Gasteiger partial charge in [0, 0.05) is 12.3 Å². The van der Waals surface area contributed by atoms with Gasteiger partial charge in [0.05, 0.1) is 0 Å². The SMILES string of the molecule is CCSCCC1CC(CC)CCC1=O. The number of thioether (sulfide) groups is 1. The van der Waals surface area contributed by atoms with Crippen LogP contribution in [0.25, 0.3) is 0 Å². The molecule has 14 heavy (non-hydrogen) atoms. The van der Waals surface area contributed by atoms with Gasteiger partial charge in [0.1, 0.15) is 5.78 Å². The fourth-order valence-electron chi connectivity index (χ4n) is 2.22. The molecule has 1 aliphatic rings. The van der Waals surface area contributed by atoms with E-state index < -0.39 is 0 Å². The van der Waals surface area contributed by atoms with Gasteiger partial charge in [-0.3, -0.25) is 4.79 Å². The van der Waals surface area contributed by atoms with E-state index in [1.807, 2.05) is 11.8 Å². The normalized spacial score (nSPS) is 28.0. The van der Waals surface area contributed by atoms with Gasteiger partial charge in [-0.2, -0.15) is 11.8 Å². The average molecular weight is 214 g/mol. The Morgan fingerprint density at radius 2 is 2.21 bits per heavy atom. The number of hydrogen-bond donors (Lipinski definition) is 0. The predicted octanol–water partition coefficient (Wildman–Crippen LogP) is 3.53. The van der Waals surface area contributed by atoms with Gasteiger partial charge in [-0.1, -0.05) is 20.3 Å². The Morgan fingerprint density at radius 3 is 2.86 bits per heavy atom. The van der Waals surface area contributed by atoms with Crippen molar-refractivity contribution in [3.05, 3.63) is 0 Å². The Morgan fingerprint density at radius 1 is 1.43 bits per heavy atom. The van der Waals surface area contributed by atoms with E-state index in [2.05, 4.69) is 13.8 Å². The van der Waals surface area contributed by atoms with Crippen molar-refractivity contribution in [2.24, 2.45) is 11.8 Å². The molecule has 1 nitrogen and oxygen atoms in total. The number of ketones is 1.